The first-order valence-electron chi connectivity index (χ1n) is 6.38. The van der Waals surface area contributed by atoms with Crippen molar-refractivity contribution in [1.29, 1.82) is 0 Å². The molecule has 1 aromatic carbocycles. The number of hydrogen-bond donors (Lipinski definition) is 1. The van der Waals surface area contributed by atoms with Crippen molar-refractivity contribution >= 4 is 15.7 Å². The molecule has 0 atom stereocenters. The molecule has 5 heteroatoms. The van der Waals surface area contributed by atoms with Crippen molar-refractivity contribution in [2.24, 2.45) is 0 Å². The summed E-state index contributed by atoms with van der Waals surface area (Å²) in [7, 11) is -3.35. The lowest BCUT2D eigenvalue weighted by atomic mass is 10.2. The zero-order valence-electron chi connectivity index (χ0n) is 10.7. The molecule has 0 unspecified atom stereocenters. The van der Waals surface area contributed by atoms with E-state index >= 15 is 0 Å². The van der Waals surface area contributed by atoms with E-state index in [1.807, 2.05) is 6.92 Å². The highest BCUT2D eigenvalue weighted by Gasteiger charge is 2.25. The van der Waals surface area contributed by atoms with Gasteiger partial charge in [-0.25, -0.2) is 8.42 Å². The number of anilines is 1. The summed E-state index contributed by atoms with van der Waals surface area (Å²) < 4.78 is 26.6. The van der Waals surface area contributed by atoms with E-state index in [-0.39, 0.29) is 0 Å². The van der Waals surface area contributed by atoms with Gasteiger partial charge in [-0.15, -0.1) is 0 Å². The van der Waals surface area contributed by atoms with Crippen molar-refractivity contribution in [2.45, 2.75) is 37.5 Å². The summed E-state index contributed by atoms with van der Waals surface area (Å²) >= 11 is 0. The summed E-state index contributed by atoms with van der Waals surface area (Å²) in [5.41, 5.74) is 7.17. The van der Waals surface area contributed by atoms with Gasteiger partial charge in [-0.1, -0.05) is 12.8 Å². The molecule has 1 saturated heterocycles. The molecule has 2 rings (SSSR count). The summed E-state index contributed by atoms with van der Waals surface area (Å²) in [4.78, 5) is 0.358. The van der Waals surface area contributed by atoms with E-state index in [1.54, 1.807) is 22.5 Å². The van der Waals surface area contributed by atoms with Gasteiger partial charge in [-0.3, -0.25) is 0 Å². The summed E-state index contributed by atoms with van der Waals surface area (Å²) in [5.74, 6) is 0. The molecule has 0 bridgehead atoms. The number of nitrogens with two attached hydrogens (primary N) is 1. The third-order valence-corrected chi connectivity index (χ3v) is 5.34. The highest BCUT2D eigenvalue weighted by Crippen LogP contribution is 2.23. The van der Waals surface area contributed by atoms with Crippen LogP contribution in [0.4, 0.5) is 5.69 Å². The Morgan fingerprint density at radius 1 is 1.11 bits per heavy atom. The lowest BCUT2D eigenvalue weighted by molar-refractivity contribution is 0.423. The summed E-state index contributed by atoms with van der Waals surface area (Å²) in [5, 5.41) is 0. The van der Waals surface area contributed by atoms with Crippen molar-refractivity contribution in [2.75, 3.05) is 18.8 Å². The quantitative estimate of drug-likeness (QED) is 0.836. The maximum Gasteiger partial charge on any atom is 0.243 e. The Morgan fingerprint density at radius 2 is 1.72 bits per heavy atom. The molecule has 0 amide bonds. The second-order valence-electron chi connectivity index (χ2n) is 4.84. The third kappa shape index (κ3) is 2.67. The molecule has 0 aliphatic carbocycles. The number of hydrogen-bond acceptors (Lipinski definition) is 3. The summed E-state index contributed by atoms with van der Waals surface area (Å²) in [6.07, 6.45) is 4.14. The molecular formula is C13H20N2O2S. The highest BCUT2D eigenvalue weighted by molar-refractivity contribution is 7.89. The molecule has 1 fully saturated rings. The van der Waals surface area contributed by atoms with Crippen molar-refractivity contribution < 1.29 is 8.42 Å². The first kappa shape index (κ1) is 13.4. The van der Waals surface area contributed by atoms with Crippen LogP contribution in [0.3, 0.4) is 0 Å². The predicted molar refractivity (Wildman–Crippen MR) is 72.8 cm³/mol. The standard InChI is InChI=1S/C13H20N2O2S/c1-11-10-12(6-7-13(11)14)18(16,17)15-8-4-2-3-5-9-15/h6-7,10H,2-5,8-9,14H2,1H3. The van der Waals surface area contributed by atoms with Crippen LogP contribution in [0.15, 0.2) is 23.1 Å². The van der Waals surface area contributed by atoms with Crippen LogP contribution in [0.25, 0.3) is 0 Å². The minimum atomic E-state index is -3.35. The number of nitrogens with zero attached hydrogens (tertiary/aromatic N) is 1. The number of aryl methyl sites for hydroxylation is 1. The zero-order chi connectivity index (χ0) is 13.2. The largest absolute Gasteiger partial charge is 0.399 e. The van der Waals surface area contributed by atoms with Crippen molar-refractivity contribution in [3.05, 3.63) is 23.8 Å². The maximum atomic E-state index is 12.5. The zero-order valence-corrected chi connectivity index (χ0v) is 11.5. The fourth-order valence-electron chi connectivity index (χ4n) is 2.24. The third-order valence-electron chi connectivity index (χ3n) is 3.44. The number of nitrogen functional groups attached to an aromatic ring is 1. The van der Waals surface area contributed by atoms with E-state index in [4.69, 9.17) is 5.73 Å². The van der Waals surface area contributed by atoms with E-state index in [0.29, 0.717) is 23.7 Å². The Balaban J connectivity index is 2.31. The van der Waals surface area contributed by atoms with Gasteiger partial charge >= 0.3 is 0 Å². The van der Waals surface area contributed by atoms with E-state index in [1.165, 1.54) is 0 Å². The van der Waals surface area contributed by atoms with Crippen LogP contribution in [0, 0.1) is 6.92 Å². The molecule has 4 nitrogen and oxygen atoms in total. The molecule has 0 radical (unpaired) electrons. The average molecular weight is 268 g/mol. The van der Waals surface area contributed by atoms with E-state index in [0.717, 1.165) is 31.2 Å². The van der Waals surface area contributed by atoms with Gasteiger partial charge in [0.05, 0.1) is 4.90 Å². The Labute approximate surface area is 109 Å². The first-order valence-corrected chi connectivity index (χ1v) is 7.82. The van der Waals surface area contributed by atoms with Crippen LogP contribution < -0.4 is 5.73 Å². The molecule has 0 aromatic heterocycles. The van der Waals surface area contributed by atoms with Crippen molar-refractivity contribution in [3.8, 4) is 0 Å². The summed E-state index contributed by atoms with van der Waals surface area (Å²) in [6, 6.07) is 4.93. The first-order chi connectivity index (χ1) is 8.51. The molecule has 100 valence electrons. The Bertz CT molecular complexity index is 518. The van der Waals surface area contributed by atoms with Crippen LogP contribution >= 0.6 is 0 Å². The predicted octanol–water partition coefficient (Wildman–Crippen LogP) is 2.14. The Morgan fingerprint density at radius 3 is 2.28 bits per heavy atom. The van der Waals surface area contributed by atoms with Crippen LogP contribution in [-0.4, -0.2) is 25.8 Å². The molecular weight excluding hydrogens is 248 g/mol. The average Bonchev–Trinajstić information content (AvgIpc) is 2.61. The smallest absolute Gasteiger partial charge is 0.243 e. The summed E-state index contributed by atoms with van der Waals surface area (Å²) in [6.45, 7) is 3.09. The van der Waals surface area contributed by atoms with Crippen LogP contribution in [-0.2, 0) is 10.0 Å². The van der Waals surface area contributed by atoms with Crippen molar-refractivity contribution in [1.82, 2.24) is 4.31 Å². The molecule has 1 heterocycles. The number of rotatable bonds is 2. The molecule has 0 spiro atoms. The molecule has 2 N–H and O–H groups in total. The van der Waals surface area contributed by atoms with E-state index < -0.39 is 10.0 Å². The minimum Gasteiger partial charge on any atom is -0.399 e. The minimum absolute atomic E-state index is 0.358. The van der Waals surface area contributed by atoms with Gasteiger partial charge in [0, 0.05) is 18.8 Å². The van der Waals surface area contributed by atoms with Gasteiger partial charge in [0.25, 0.3) is 0 Å². The Hall–Kier alpha value is -1.07. The number of benzene rings is 1. The number of sulfonamides is 1. The molecule has 1 aromatic rings. The van der Waals surface area contributed by atoms with Crippen molar-refractivity contribution in [3.63, 3.8) is 0 Å². The second-order valence-corrected chi connectivity index (χ2v) is 6.77. The fraction of sp³-hybridized carbons (Fsp3) is 0.538. The van der Waals surface area contributed by atoms with Crippen LogP contribution in [0.2, 0.25) is 0 Å². The van der Waals surface area contributed by atoms with Gasteiger partial charge < -0.3 is 5.73 Å². The van der Waals surface area contributed by atoms with Gasteiger partial charge in [0.15, 0.2) is 0 Å². The van der Waals surface area contributed by atoms with Crippen LogP contribution in [0.1, 0.15) is 31.2 Å². The van der Waals surface area contributed by atoms with Gasteiger partial charge in [0.2, 0.25) is 10.0 Å². The monoisotopic (exact) mass is 268 g/mol. The van der Waals surface area contributed by atoms with Crippen LogP contribution in [0.5, 0.6) is 0 Å². The maximum absolute atomic E-state index is 12.5. The topological polar surface area (TPSA) is 63.4 Å². The molecule has 1 aliphatic rings. The molecule has 1 aliphatic heterocycles. The molecule has 0 saturated carbocycles. The Kier molecular flexibility index (Phi) is 3.92. The second kappa shape index (κ2) is 5.28. The highest BCUT2D eigenvalue weighted by atomic mass is 32.2. The van der Waals surface area contributed by atoms with E-state index in [2.05, 4.69) is 0 Å². The SMILES string of the molecule is Cc1cc(S(=O)(=O)N2CCCCCC2)ccc1N. The van der Waals surface area contributed by atoms with Gasteiger partial charge in [0.1, 0.15) is 0 Å². The normalized spacial score (nSPS) is 18.5. The van der Waals surface area contributed by atoms with Gasteiger partial charge in [-0.05, 0) is 43.5 Å². The molecule has 18 heavy (non-hydrogen) atoms. The van der Waals surface area contributed by atoms with Gasteiger partial charge in [-0.2, -0.15) is 4.31 Å². The fourth-order valence-corrected chi connectivity index (χ4v) is 3.84. The lowest BCUT2D eigenvalue weighted by Crippen LogP contribution is -2.32. The lowest BCUT2D eigenvalue weighted by Gasteiger charge is -2.20. The van der Waals surface area contributed by atoms with E-state index in [9.17, 15) is 8.42 Å².